The zero-order valence-electron chi connectivity index (χ0n) is 22.2. The van der Waals surface area contributed by atoms with Crippen molar-refractivity contribution in [2.24, 2.45) is 5.73 Å². The van der Waals surface area contributed by atoms with Crippen molar-refractivity contribution in [2.75, 3.05) is 46.1 Å². The molecular formula is C28H47N3O4. The second-order valence-corrected chi connectivity index (χ2v) is 10.1. The second-order valence-electron chi connectivity index (χ2n) is 10.1. The highest BCUT2D eigenvalue weighted by Gasteiger charge is 2.32. The van der Waals surface area contributed by atoms with Crippen molar-refractivity contribution in [3.8, 4) is 11.5 Å². The first-order valence-electron chi connectivity index (χ1n) is 13.8. The molecule has 0 aromatic heterocycles. The Labute approximate surface area is 212 Å². The molecule has 3 aliphatic heterocycles. The molecule has 3 aliphatic rings. The fraction of sp³-hybridized carbons (Fsp3) is 0.750. The van der Waals surface area contributed by atoms with Gasteiger partial charge in [-0.15, -0.1) is 0 Å². The summed E-state index contributed by atoms with van der Waals surface area (Å²) in [6.45, 7) is 11.5. The number of amides is 1. The molecule has 3 heterocycles. The van der Waals surface area contributed by atoms with E-state index in [1.807, 2.05) is 11.0 Å². The fourth-order valence-corrected chi connectivity index (χ4v) is 5.12. The number of unbranched alkanes of at least 4 members (excludes halogenated alkanes) is 1. The normalized spacial score (nSPS) is 23.6. The number of hydrogen-bond acceptors (Lipinski definition) is 6. The van der Waals surface area contributed by atoms with Gasteiger partial charge in [-0.05, 0) is 82.0 Å². The molecule has 1 amide bonds. The number of hydrogen-bond donors (Lipinski definition) is 1. The summed E-state index contributed by atoms with van der Waals surface area (Å²) in [6.07, 6.45) is 9.79. The van der Waals surface area contributed by atoms with E-state index < -0.39 is 0 Å². The van der Waals surface area contributed by atoms with E-state index >= 15 is 0 Å². The van der Waals surface area contributed by atoms with Crippen molar-refractivity contribution >= 4 is 5.91 Å². The third-order valence-electron chi connectivity index (χ3n) is 7.41. The van der Waals surface area contributed by atoms with Gasteiger partial charge in [0.1, 0.15) is 0 Å². The van der Waals surface area contributed by atoms with E-state index in [0.717, 1.165) is 63.4 Å². The first kappa shape index (κ1) is 27.8. The average Bonchev–Trinajstić information content (AvgIpc) is 3.51. The SMILES string of the molecule is CCC1CCCCO1.CCCCN(CCCN)C(=O)CN1C[C@H](c2ccc3c(c2)OCO3)C[C@@H]1C. The molecular weight excluding hydrogens is 442 g/mol. The lowest BCUT2D eigenvalue weighted by molar-refractivity contribution is -0.132. The molecule has 35 heavy (non-hydrogen) atoms. The Morgan fingerprint density at radius 1 is 1.14 bits per heavy atom. The maximum absolute atomic E-state index is 12.9. The molecule has 1 aromatic rings. The largest absolute Gasteiger partial charge is 0.454 e. The van der Waals surface area contributed by atoms with Gasteiger partial charge in [0.05, 0.1) is 12.6 Å². The molecule has 3 atom stereocenters. The summed E-state index contributed by atoms with van der Waals surface area (Å²) in [7, 11) is 0. The quantitative estimate of drug-likeness (QED) is 0.520. The Balaban J connectivity index is 0.000000363. The zero-order chi connectivity index (χ0) is 25.0. The van der Waals surface area contributed by atoms with E-state index in [0.29, 0.717) is 37.9 Å². The maximum atomic E-state index is 12.9. The number of rotatable bonds is 10. The summed E-state index contributed by atoms with van der Waals surface area (Å²) < 4.78 is 16.4. The van der Waals surface area contributed by atoms with E-state index in [1.54, 1.807) is 0 Å². The predicted molar refractivity (Wildman–Crippen MR) is 140 cm³/mol. The molecule has 0 aliphatic carbocycles. The van der Waals surface area contributed by atoms with Gasteiger partial charge in [-0.2, -0.15) is 0 Å². The van der Waals surface area contributed by atoms with E-state index in [9.17, 15) is 4.79 Å². The van der Waals surface area contributed by atoms with Crippen molar-refractivity contribution in [3.63, 3.8) is 0 Å². The highest BCUT2D eigenvalue weighted by atomic mass is 16.7. The van der Waals surface area contributed by atoms with Crippen LogP contribution in [0.25, 0.3) is 0 Å². The lowest BCUT2D eigenvalue weighted by atomic mass is 9.96. The van der Waals surface area contributed by atoms with Crippen LogP contribution in [0.2, 0.25) is 0 Å². The molecule has 7 nitrogen and oxygen atoms in total. The molecule has 1 unspecified atom stereocenters. The number of nitrogens with two attached hydrogens (primary N) is 1. The molecule has 0 bridgehead atoms. The molecule has 2 fully saturated rings. The van der Waals surface area contributed by atoms with Crippen LogP contribution in [0.5, 0.6) is 11.5 Å². The van der Waals surface area contributed by atoms with Crippen molar-refractivity contribution in [2.45, 2.75) is 90.2 Å². The molecule has 2 saturated heterocycles. The van der Waals surface area contributed by atoms with E-state index in [2.05, 4.69) is 37.8 Å². The molecule has 7 heteroatoms. The average molecular weight is 490 g/mol. The number of ether oxygens (including phenoxy) is 3. The highest BCUT2D eigenvalue weighted by molar-refractivity contribution is 5.78. The van der Waals surface area contributed by atoms with Gasteiger partial charge in [0.25, 0.3) is 0 Å². The van der Waals surface area contributed by atoms with Crippen LogP contribution in [0, 0.1) is 0 Å². The number of carbonyl (C=O) groups is 1. The van der Waals surface area contributed by atoms with Crippen molar-refractivity contribution < 1.29 is 19.0 Å². The van der Waals surface area contributed by atoms with Crippen LogP contribution < -0.4 is 15.2 Å². The first-order valence-corrected chi connectivity index (χ1v) is 13.8. The van der Waals surface area contributed by atoms with Crippen LogP contribution in [0.4, 0.5) is 0 Å². The Bertz CT molecular complexity index is 761. The third-order valence-corrected chi connectivity index (χ3v) is 7.41. The van der Waals surface area contributed by atoms with E-state index in [-0.39, 0.29) is 5.91 Å². The molecule has 4 rings (SSSR count). The van der Waals surface area contributed by atoms with Gasteiger partial charge in [-0.25, -0.2) is 0 Å². The molecule has 0 radical (unpaired) electrons. The Kier molecular flexibility index (Phi) is 11.6. The summed E-state index contributed by atoms with van der Waals surface area (Å²) in [4.78, 5) is 17.2. The summed E-state index contributed by atoms with van der Waals surface area (Å²) in [6, 6.07) is 6.62. The van der Waals surface area contributed by atoms with E-state index in [1.165, 1.54) is 31.2 Å². The lowest BCUT2D eigenvalue weighted by Crippen LogP contribution is -2.42. The third kappa shape index (κ3) is 8.36. The smallest absolute Gasteiger partial charge is 0.236 e. The van der Waals surface area contributed by atoms with Crippen molar-refractivity contribution in [1.82, 2.24) is 9.80 Å². The van der Waals surface area contributed by atoms with E-state index in [4.69, 9.17) is 19.9 Å². The molecule has 1 aromatic carbocycles. The predicted octanol–water partition coefficient (Wildman–Crippen LogP) is 4.54. The molecule has 198 valence electrons. The Hall–Kier alpha value is -1.83. The van der Waals surface area contributed by atoms with Crippen molar-refractivity contribution in [3.05, 3.63) is 23.8 Å². The number of fused-ring (bicyclic) bond motifs is 1. The monoisotopic (exact) mass is 489 g/mol. The molecule has 0 spiro atoms. The minimum absolute atomic E-state index is 0.232. The summed E-state index contributed by atoms with van der Waals surface area (Å²) >= 11 is 0. The zero-order valence-corrected chi connectivity index (χ0v) is 22.2. The minimum atomic E-state index is 0.232. The highest BCUT2D eigenvalue weighted by Crippen LogP contribution is 2.38. The van der Waals surface area contributed by atoms with Crippen LogP contribution in [0.15, 0.2) is 18.2 Å². The second kappa shape index (κ2) is 14.7. The standard InChI is InChI=1S/C21H33N3O3.C7H14O/c1-3-4-9-23(10-5-8-22)21(25)14-24-13-18(11-16(24)2)17-6-7-19-20(12-17)27-15-26-19;1-2-7-5-3-4-6-8-7/h6-7,12,16,18H,3-5,8-11,13-15,22H2,1-2H3;7H,2-6H2,1H3/t16-,18+;/m0./s1. The Morgan fingerprint density at radius 3 is 2.63 bits per heavy atom. The number of nitrogens with zero attached hydrogens (tertiary/aromatic N) is 2. The fourth-order valence-electron chi connectivity index (χ4n) is 5.12. The summed E-state index contributed by atoms with van der Waals surface area (Å²) in [5, 5.41) is 0. The van der Waals surface area contributed by atoms with Gasteiger partial charge in [0.15, 0.2) is 11.5 Å². The lowest BCUT2D eigenvalue weighted by Gasteiger charge is -2.27. The van der Waals surface area contributed by atoms with Crippen LogP contribution in [-0.4, -0.2) is 74.0 Å². The number of benzene rings is 1. The van der Waals surface area contributed by atoms with Gasteiger partial charge in [0.2, 0.25) is 12.7 Å². The Morgan fingerprint density at radius 2 is 1.94 bits per heavy atom. The summed E-state index contributed by atoms with van der Waals surface area (Å²) in [5.74, 6) is 2.32. The maximum Gasteiger partial charge on any atom is 0.236 e. The van der Waals surface area contributed by atoms with Crippen LogP contribution >= 0.6 is 0 Å². The van der Waals surface area contributed by atoms with Gasteiger partial charge in [-0.3, -0.25) is 9.69 Å². The van der Waals surface area contributed by atoms with Gasteiger partial charge in [0, 0.05) is 32.3 Å². The van der Waals surface area contributed by atoms with Crippen LogP contribution in [0.1, 0.15) is 83.6 Å². The topological polar surface area (TPSA) is 77.3 Å². The van der Waals surface area contributed by atoms with Gasteiger partial charge in [-0.1, -0.05) is 26.3 Å². The first-order chi connectivity index (χ1) is 17.0. The van der Waals surface area contributed by atoms with Gasteiger partial charge >= 0.3 is 0 Å². The van der Waals surface area contributed by atoms with Crippen molar-refractivity contribution in [1.29, 1.82) is 0 Å². The van der Waals surface area contributed by atoms with Crippen LogP contribution in [0.3, 0.4) is 0 Å². The van der Waals surface area contributed by atoms with Crippen LogP contribution in [-0.2, 0) is 9.53 Å². The van der Waals surface area contributed by atoms with Gasteiger partial charge < -0.3 is 24.8 Å². The minimum Gasteiger partial charge on any atom is -0.454 e. The molecule has 2 N–H and O–H groups in total. The number of carbonyl (C=O) groups excluding carboxylic acids is 1. The molecule has 0 saturated carbocycles. The number of likely N-dealkylation sites (tertiary alicyclic amines) is 1. The summed E-state index contributed by atoms with van der Waals surface area (Å²) in [5.41, 5.74) is 6.92.